The molecule has 5 nitrogen and oxygen atoms in total. The van der Waals surface area contributed by atoms with Crippen LogP contribution in [0.2, 0.25) is 0 Å². The highest BCUT2D eigenvalue weighted by molar-refractivity contribution is 5.89. The molecular formula is C11H7FN2O3. The van der Waals surface area contributed by atoms with Crippen molar-refractivity contribution >= 4 is 5.97 Å². The minimum Gasteiger partial charge on any atom is -0.478 e. The lowest BCUT2D eigenvalue weighted by Crippen LogP contribution is -2.09. The number of halogens is 1. The van der Waals surface area contributed by atoms with Gasteiger partial charge in [0.1, 0.15) is 5.82 Å². The van der Waals surface area contributed by atoms with Gasteiger partial charge in [-0.3, -0.25) is 4.79 Å². The number of nitrogens with zero attached hydrogens (tertiary/aromatic N) is 1. The number of benzene rings is 1. The number of nitrogens with one attached hydrogen (secondary N) is 1. The van der Waals surface area contributed by atoms with E-state index in [1.165, 1.54) is 18.6 Å². The van der Waals surface area contributed by atoms with Crippen LogP contribution in [0.3, 0.4) is 0 Å². The van der Waals surface area contributed by atoms with Crippen molar-refractivity contribution in [2.24, 2.45) is 0 Å². The van der Waals surface area contributed by atoms with Crippen molar-refractivity contribution in [2.75, 3.05) is 0 Å². The van der Waals surface area contributed by atoms with Crippen LogP contribution >= 0.6 is 0 Å². The third-order valence-corrected chi connectivity index (χ3v) is 2.23. The number of aromatic nitrogens is 2. The number of H-pyrrole nitrogens is 1. The fraction of sp³-hybridized carbons (Fsp3) is 0. The van der Waals surface area contributed by atoms with Crippen molar-refractivity contribution in [1.29, 1.82) is 0 Å². The highest BCUT2D eigenvalue weighted by atomic mass is 19.1. The molecule has 0 aliphatic rings. The molecule has 2 rings (SSSR count). The second kappa shape index (κ2) is 4.17. The van der Waals surface area contributed by atoms with Gasteiger partial charge in [0.2, 0.25) is 0 Å². The number of aromatic amines is 1. The molecule has 6 heteroatoms. The summed E-state index contributed by atoms with van der Waals surface area (Å²) >= 11 is 0. The number of carboxylic acid groups (broad SMARTS) is 1. The summed E-state index contributed by atoms with van der Waals surface area (Å²) in [6.45, 7) is 0. The van der Waals surface area contributed by atoms with Crippen LogP contribution in [0, 0.1) is 5.82 Å². The van der Waals surface area contributed by atoms with Gasteiger partial charge in [-0.15, -0.1) is 0 Å². The maximum absolute atomic E-state index is 13.2. The minimum atomic E-state index is -1.38. The van der Waals surface area contributed by atoms with E-state index >= 15 is 0 Å². The summed E-state index contributed by atoms with van der Waals surface area (Å²) in [6.07, 6.45) is 2.51. The van der Waals surface area contributed by atoms with Crippen LogP contribution in [0.15, 0.2) is 35.5 Å². The number of aromatic carboxylic acids is 1. The van der Waals surface area contributed by atoms with Crippen LogP contribution in [-0.2, 0) is 0 Å². The second-order valence-electron chi connectivity index (χ2n) is 3.29. The zero-order chi connectivity index (χ0) is 12.4. The molecule has 0 bridgehead atoms. The van der Waals surface area contributed by atoms with Crippen LogP contribution in [0.25, 0.3) is 11.1 Å². The number of carboxylic acids is 1. The van der Waals surface area contributed by atoms with Gasteiger partial charge in [-0.25, -0.2) is 14.2 Å². The Kier molecular flexibility index (Phi) is 2.70. The zero-order valence-corrected chi connectivity index (χ0v) is 8.48. The van der Waals surface area contributed by atoms with Crippen LogP contribution in [0.4, 0.5) is 4.39 Å². The van der Waals surface area contributed by atoms with E-state index in [9.17, 15) is 14.0 Å². The Balaban J connectivity index is 2.62. The average Bonchev–Trinajstić information content (AvgIpc) is 2.30. The van der Waals surface area contributed by atoms with Gasteiger partial charge in [0.25, 0.3) is 5.56 Å². The van der Waals surface area contributed by atoms with Crippen LogP contribution in [0.5, 0.6) is 0 Å². The molecule has 1 aromatic carbocycles. The SMILES string of the molecule is O=C(O)c1cc(-c2cnc[nH]c2=O)ccc1F. The van der Waals surface area contributed by atoms with E-state index in [-0.39, 0.29) is 5.56 Å². The summed E-state index contributed by atoms with van der Waals surface area (Å²) < 4.78 is 13.2. The quantitative estimate of drug-likeness (QED) is 0.819. The first-order chi connectivity index (χ1) is 8.09. The van der Waals surface area contributed by atoms with Crippen LogP contribution in [0.1, 0.15) is 10.4 Å². The molecule has 0 fully saturated rings. The Morgan fingerprint density at radius 1 is 1.41 bits per heavy atom. The van der Waals surface area contributed by atoms with Crippen molar-refractivity contribution < 1.29 is 14.3 Å². The molecule has 0 aliphatic heterocycles. The fourth-order valence-electron chi connectivity index (χ4n) is 1.41. The molecule has 0 radical (unpaired) electrons. The highest BCUT2D eigenvalue weighted by Crippen LogP contribution is 2.18. The summed E-state index contributed by atoms with van der Waals surface area (Å²) in [5.74, 6) is -2.23. The molecular weight excluding hydrogens is 227 g/mol. The van der Waals surface area contributed by atoms with Crippen molar-refractivity contribution in [3.63, 3.8) is 0 Å². The molecule has 2 N–H and O–H groups in total. The van der Waals surface area contributed by atoms with Crippen molar-refractivity contribution in [2.45, 2.75) is 0 Å². The maximum atomic E-state index is 13.2. The third-order valence-electron chi connectivity index (χ3n) is 2.23. The predicted octanol–water partition coefficient (Wildman–Crippen LogP) is 1.27. The second-order valence-corrected chi connectivity index (χ2v) is 3.29. The zero-order valence-electron chi connectivity index (χ0n) is 8.48. The number of hydrogen-bond acceptors (Lipinski definition) is 3. The normalized spacial score (nSPS) is 10.2. The van der Waals surface area contributed by atoms with Crippen molar-refractivity contribution in [1.82, 2.24) is 9.97 Å². The third kappa shape index (κ3) is 2.05. The highest BCUT2D eigenvalue weighted by Gasteiger charge is 2.12. The van der Waals surface area contributed by atoms with Gasteiger partial charge in [-0.05, 0) is 17.7 Å². The molecule has 0 atom stereocenters. The Hall–Kier alpha value is -2.50. The number of rotatable bonds is 2. The van der Waals surface area contributed by atoms with Crippen LogP contribution in [-0.4, -0.2) is 21.0 Å². The molecule has 0 aliphatic carbocycles. The molecule has 1 heterocycles. The van der Waals surface area contributed by atoms with E-state index in [0.29, 0.717) is 5.56 Å². The van der Waals surface area contributed by atoms with Gasteiger partial charge < -0.3 is 10.1 Å². The topological polar surface area (TPSA) is 83.0 Å². The first-order valence-electron chi connectivity index (χ1n) is 4.65. The van der Waals surface area contributed by atoms with E-state index in [4.69, 9.17) is 5.11 Å². The summed E-state index contributed by atoms with van der Waals surface area (Å²) in [5, 5.41) is 8.76. The van der Waals surface area contributed by atoms with E-state index in [1.807, 2.05) is 0 Å². The molecule has 0 unspecified atom stereocenters. The lowest BCUT2D eigenvalue weighted by atomic mass is 10.1. The molecule has 0 saturated carbocycles. The Bertz CT molecular complexity index is 637. The van der Waals surface area contributed by atoms with Crippen molar-refractivity contribution in [3.8, 4) is 11.1 Å². The predicted molar refractivity (Wildman–Crippen MR) is 57.2 cm³/mol. The summed E-state index contributed by atoms with van der Waals surface area (Å²) in [7, 11) is 0. The summed E-state index contributed by atoms with van der Waals surface area (Å²) in [4.78, 5) is 28.3. The molecule has 0 amide bonds. The number of hydrogen-bond donors (Lipinski definition) is 2. The largest absolute Gasteiger partial charge is 0.478 e. The molecule has 17 heavy (non-hydrogen) atoms. The van der Waals surface area contributed by atoms with Gasteiger partial charge >= 0.3 is 5.97 Å². The van der Waals surface area contributed by atoms with Gasteiger partial charge in [0.15, 0.2) is 0 Å². The van der Waals surface area contributed by atoms with E-state index < -0.39 is 22.9 Å². The molecule has 0 saturated heterocycles. The lowest BCUT2D eigenvalue weighted by Gasteiger charge is -2.02. The number of carbonyl (C=O) groups is 1. The van der Waals surface area contributed by atoms with E-state index in [2.05, 4.69) is 9.97 Å². The first kappa shape index (κ1) is 11.0. The summed E-state index contributed by atoms with van der Waals surface area (Å²) in [6, 6.07) is 3.43. The first-order valence-corrected chi connectivity index (χ1v) is 4.65. The molecule has 1 aromatic heterocycles. The van der Waals surface area contributed by atoms with Gasteiger partial charge in [0.05, 0.1) is 17.5 Å². The van der Waals surface area contributed by atoms with Gasteiger partial charge in [-0.2, -0.15) is 0 Å². The average molecular weight is 234 g/mol. The Morgan fingerprint density at radius 2 is 2.18 bits per heavy atom. The Labute approximate surface area is 94.6 Å². The Morgan fingerprint density at radius 3 is 2.82 bits per heavy atom. The monoisotopic (exact) mass is 234 g/mol. The smallest absolute Gasteiger partial charge is 0.338 e. The fourth-order valence-corrected chi connectivity index (χ4v) is 1.41. The van der Waals surface area contributed by atoms with E-state index in [0.717, 1.165) is 12.1 Å². The van der Waals surface area contributed by atoms with Crippen molar-refractivity contribution in [3.05, 3.63) is 52.5 Å². The molecule has 86 valence electrons. The summed E-state index contributed by atoms with van der Waals surface area (Å²) in [5.41, 5.74) is -0.401. The van der Waals surface area contributed by atoms with Gasteiger partial charge in [0, 0.05) is 6.20 Å². The maximum Gasteiger partial charge on any atom is 0.338 e. The molecule has 0 spiro atoms. The van der Waals surface area contributed by atoms with Crippen LogP contribution < -0.4 is 5.56 Å². The minimum absolute atomic E-state index is 0.190. The lowest BCUT2D eigenvalue weighted by molar-refractivity contribution is 0.0692. The van der Waals surface area contributed by atoms with Gasteiger partial charge in [-0.1, -0.05) is 6.07 Å². The molecule has 2 aromatic rings. The van der Waals surface area contributed by atoms with E-state index in [1.54, 1.807) is 0 Å². The standard InChI is InChI=1S/C11H7FN2O3/c12-9-2-1-6(3-7(9)11(16)17)8-4-13-5-14-10(8)15/h1-5H,(H,16,17)(H,13,14,15).